The zero-order valence-corrected chi connectivity index (χ0v) is 9.52. The van der Waals surface area contributed by atoms with Crippen molar-refractivity contribution in [2.45, 2.75) is 18.2 Å². The van der Waals surface area contributed by atoms with Crippen LogP contribution in [0.4, 0.5) is 0 Å². The molecular formula is C8H17BrN2O. The highest BCUT2D eigenvalue weighted by atomic mass is 79.9. The number of rotatable bonds is 5. The van der Waals surface area contributed by atoms with Crippen LogP contribution in [0, 0.1) is 0 Å². The van der Waals surface area contributed by atoms with Crippen molar-refractivity contribution in [1.29, 1.82) is 0 Å². The number of nitrogens with zero attached hydrogens (tertiary/aromatic N) is 1. The Morgan fingerprint density at radius 1 is 1.67 bits per heavy atom. The molecule has 1 N–H and O–H groups in total. The smallest absolute Gasteiger partial charge is 0.235 e. The molecule has 0 aromatic heterocycles. The van der Waals surface area contributed by atoms with Gasteiger partial charge in [0.1, 0.15) is 0 Å². The van der Waals surface area contributed by atoms with E-state index < -0.39 is 0 Å². The van der Waals surface area contributed by atoms with E-state index in [4.69, 9.17) is 0 Å². The average Bonchev–Trinajstić information content (AvgIpc) is 2.03. The van der Waals surface area contributed by atoms with Crippen molar-refractivity contribution in [1.82, 2.24) is 10.2 Å². The molecule has 1 amide bonds. The van der Waals surface area contributed by atoms with E-state index in [0.29, 0.717) is 0 Å². The molecule has 0 bridgehead atoms. The normalized spacial score (nSPS) is 12.7. The lowest BCUT2D eigenvalue weighted by Crippen LogP contribution is -2.33. The second kappa shape index (κ2) is 6.43. The number of alkyl halides is 1. The van der Waals surface area contributed by atoms with E-state index in [1.54, 1.807) is 4.90 Å². The molecule has 3 nitrogen and oxygen atoms in total. The fourth-order valence-corrected chi connectivity index (χ4v) is 1.26. The second-order valence-electron chi connectivity index (χ2n) is 2.83. The Kier molecular flexibility index (Phi) is 6.38. The lowest BCUT2D eigenvalue weighted by Gasteiger charge is -2.18. The Labute approximate surface area is 82.6 Å². The molecule has 0 radical (unpaired) electrons. The zero-order chi connectivity index (χ0) is 9.56. The molecule has 4 heteroatoms. The van der Waals surface area contributed by atoms with Gasteiger partial charge in [0.15, 0.2) is 0 Å². The summed E-state index contributed by atoms with van der Waals surface area (Å²) in [5, 5.41) is 3.04. The summed E-state index contributed by atoms with van der Waals surface area (Å²) in [6.07, 6.45) is 0.998. The standard InChI is InChI=1S/C8H17BrN2O/c1-7(9)8(12)11(3)6-4-5-10-2/h7,10H,4-6H2,1-3H3. The van der Waals surface area contributed by atoms with Crippen LogP contribution in [0.1, 0.15) is 13.3 Å². The summed E-state index contributed by atoms with van der Waals surface area (Å²) in [4.78, 5) is 13.0. The minimum absolute atomic E-state index is 0.0721. The third kappa shape index (κ3) is 4.72. The maximum Gasteiger partial charge on any atom is 0.235 e. The van der Waals surface area contributed by atoms with Gasteiger partial charge in [-0.1, -0.05) is 15.9 Å². The highest BCUT2D eigenvalue weighted by Gasteiger charge is 2.12. The Hall–Kier alpha value is -0.0900. The summed E-state index contributed by atoms with van der Waals surface area (Å²) in [7, 11) is 3.74. The lowest BCUT2D eigenvalue weighted by atomic mass is 10.3. The van der Waals surface area contributed by atoms with Crippen molar-refractivity contribution in [2.24, 2.45) is 0 Å². The molecule has 72 valence electrons. The largest absolute Gasteiger partial charge is 0.345 e. The van der Waals surface area contributed by atoms with Crippen LogP contribution in [0.2, 0.25) is 0 Å². The van der Waals surface area contributed by atoms with Crippen molar-refractivity contribution >= 4 is 21.8 Å². The molecule has 0 saturated heterocycles. The zero-order valence-electron chi connectivity index (χ0n) is 7.93. The van der Waals surface area contributed by atoms with Crippen LogP contribution >= 0.6 is 15.9 Å². The number of hydrogen-bond acceptors (Lipinski definition) is 2. The molecule has 1 atom stereocenters. The van der Waals surface area contributed by atoms with Crippen LogP contribution in [0.3, 0.4) is 0 Å². The fourth-order valence-electron chi connectivity index (χ4n) is 0.907. The van der Waals surface area contributed by atoms with Gasteiger partial charge in [-0.25, -0.2) is 0 Å². The highest BCUT2D eigenvalue weighted by Crippen LogP contribution is 2.02. The minimum atomic E-state index is -0.0721. The Morgan fingerprint density at radius 3 is 2.67 bits per heavy atom. The molecule has 0 heterocycles. The molecule has 1 unspecified atom stereocenters. The van der Waals surface area contributed by atoms with E-state index in [0.717, 1.165) is 19.5 Å². The van der Waals surface area contributed by atoms with E-state index >= 15 is 0 Å². The molecule has 0 aliphatic carbocycles. The Balaban J connectivity index is 3.57. The van der Waals surface area contributed by atoms with E-state index in [1.807, 2.05) is 21.0 Å². The fraction of sp³-hybridized carbons (Fsp3) is 0.875. The van der Waals surface area contributed by atoms with Gasteiger partial charge in [-0.15, -0.1) is 0 Å². The quantitative estimate of drug-likeness (QED) is 0.567. The third-order valence-corrected chi connectivity index (χ3v) is 2.03. The second-order valence-corrected chi connectivity index (χ2v) is 4.21. The topological polar surface area (TPSA) is 32.3 Å². The number of nitrogens with one attached hydrogen (secondary N) is 1. The molecule has 0 aliphatic rings. The van der Waals surface area contributed by atoms with Gasteiger partial charge >= 0.3 is 0 Å². The average molecular weight is 237 g/mol. The molecule has 0 aliphatic heterocycles. The van der Waals surface area contributed by atoms with Crippen molar-refractivity contribution < 1.29 is 4.79 Å². The first-order chi connectivity index (χ1) is 5.59. The molecule has 0 fully saturated rings. The molecular weight excluding hydrogens is 220 g/mol. The summed E-state index contributed by atoms with van der Waals surface area (Å²) in [5.41, 5.74) is 0. The maximum atomic E-state index is 11.3. The highest BCUT2D eigenvalue weighted by molar-refractivity contribution is 9.10. The van der Waals surface area contributed by atoms with E-state index in [1.165, 1.54) is 0 Å². The molecule has 12 heavy (non-hydrogen) atoms. The van der Waals surface area contributed by atoms with E-state index in [-0.39, 0.29) is 10.7 Å². The Bertz CT molecular complexity index is 139. The van der Waals surface area contributed by atoms with Crippen LogP contribution in [0.5, 0.6) is 0 Å². The van der Waals surface area contributed by atoms with Crippen LogP contribution < -0.4 is 5.32 Å². The van der Waals surface area contributed by atoms with Gasteiger partial charge in [0.2, 0.25) is 5.91 Å². The van der Waals surface area contributed by atoms with Gasteiger partial charge in [-0.05, 0) is 26.9 Å². The number of halogens is 1. The van der Waals surface area contributed by atoms with E-state index in [9.17, 15) is 4.79 Å². The van der Waals surface area contributed by atoms with Gasteiger partial charge < -0.3 is 10.2 Å². The minimum Gasteiger partial charge on any atom is -0.345 e. The molecule has 0 saturated carbocycles. The van der Waals surface area contributed by atoms with Crippen molar-refractivity contribution in [3.05, 3.63) is 0 Å². The molecule has 0 aromatic rings. The first kappa shape index (κ1) is 11.9. The van der Waals surface area contributed by atoms with Crippen molar-refractivity contribution in [3.8, 4) is 0 Å². The van der Waals surface area contributed by atoms with Crippen LogP contribution in [0.15, 0.2) is 0 Å². The summed E-state index contributed by atoms with van der Waals surface area (Å²) in [5.74, 6) is 0.145. The van der Waals surface area contributed by atoms with Crippen LogP contribution in [-0.2, 0) is 4.79 Å². The monoisotopic (exact) mass is 236 g/mol. The SMILES string of the molecule is CNCCCN(C)C(=O)C(C)Br. The van der Waals surface area contributed by atoms with Crippen molar-refractivity contribution in [2.75, 3.05) is 27.2 Å². The molecule has 0 aromatic carbocycles. The number of carbonyl (C=O) groups excluding carboxylic acids is 1. The predicted octanol–water partition coefficient (Wildman–Crippen LogP) is 0.838. The molecule has 0 spiro atoms. The summed E-state index contributed by atoms with van der Waals surface area (Å²) >= 11 is 3.24. The van der Waals surface area contributed by atoms with Gasteiger partial charge in [-0.3, -0.25) is 4.79 Å². The van der Waals surface area contributed by atoms with Gasteiger partial charge in [0.05, 0.1) is 4.83 Å². The predicted molar refractivity (Wildman–Crippen MR) is 54.6 cm³/mol. The van der Waals surface area contributed by atoms with E-state index in [2.05, 4.69) is 21.2 Å². The number of carbonyl (C=O) groups is 1. The summed E-state index contributed by atoms with van der Waals surface area (Å²) in [6.45, 7) is 3.61. The summed E-state index contributed by atoms with van der Waals surface area (Å²) in [6, 6.07) is 0. The lowest BCUT2D eigenvalue weighted by molar-refractivity contribution is -0.128. The van der Waals surface area contributed by atoms with Crippen LogP contribution in [0.25, 0.3) is 0 Å². The number of amides is 1. The summed E-state index contributed by atoms with van der Waals surface area (Å²) < 4.78 is 0. The van der Waals surface area contributed by atoms with Crippen molar-refractivity contribution in [3.63, 3.8) is 0 Å². The third-order valence-electron chi connectivity index (χ3n) is 1.64. The van der Waals surface area contributed by atoms with Crippen LogP contribution in [-0.4, -0.2) is 42.8 Å². The maximum absolute atomic E-state index is 11.3. The van der Waals surface area contributed by atoms with Gasteiger partial charge in [0, 0.05) is 13.6 Å². The molecule has 0 rings (SSSR count). The van der Waals surface area contributed by atoms with Gasteiger partial charge in [-0.2, -0.15) is 0 Å². The first-order valence-electron chi connectivity index (χ1n) is 4.13. The Morgan fingerprint density at radius 2 is 2.25 bits per heavy atom. The van der Waals surface area contributed by atoms with Gasteiger partial charge in [0.25, 0.3) is 0 Å². The first-order valence-corrected chi connectivity index (χ1v) is 5.04. The number of hydrogen-bond donors (Lipinski definition) is 1.